The molecule has 0 fully saturated rings. The number of nitrogens with one attached hydrogen (secondary N) is 1. The minimum absolute atomic E-state index is 0.490. The van der Waals surface area contributed by atoms with Crippen molar-refractivity contribution in [2.75, 3.05) is 32.5 Å². The summed E-state index contributed by atoms with van der Waals surface area (Å²) >= 11 is 0. The molecule has 1 unspecified atom stereocenters. The Bertz CT molecular complexity index is 306. The van der Waals surface area contributed by atoms with Gasteiger partial charge >= 0.3 is 0 Å². The first-order valence-corrected chi connectivity index (χ1v) is 6.56. The van der Waals surface area contributed by atoms with Gasteiger partial charge in [-0.05, 0) is 40.4 Å². The van der Waals surface area contributed by atoms with Crippen molar-refractivity contribution in [2.45, 2.75) is 39.2 Å². The zero-order chi connectivity index (χ0) is 12.7. The second-order valence-corrected chi connectivity index (χ2v) is 4.88. The van der Waals surface area contributed by atoms with E-state index in [1.165, 1.54) is 12.8 Å². The van der Waals surface area contributed by atoms with Crippen LogP contribution in [0.25, 0.3) is 0 Å². The summed E-state index contributed by atoms with van der Waals surface area (Å²) in [5.74, 6) is 1.00. The molecule has 1 heterocycles. The molecule has 1 N–H and O–H groups in total. The van der Waals surface area contributed by atoms with E-state index in [4.69, 9.17) is 0 Å². The van der Waals surface area contributed by atoms with E-state index in [2.05, 4.69) is 53.9 Å². The number of nitrogens with zero attached hydrogens (tertiary/aromatic N) is 3. The van der Waals surface area contributed by atoms with Gasteiger partial charge in [0.15, 0.2) is 0 Å². The van der Waals surface area contributed by atoms with Gasteiger partial charge in [-0.25, -0.2) is 4.98 Å². The first-order valence-electron chi connectivity index (χ1n) is 6.56. The Balaban J connectivity index is 2.48. The monoisotopic (exact) mass is 238 g/mol. The first kappa shape index (κ1) is 14.0. The average molecular weight is 238 g/mol. The van der Waals surface area contributed by atoms with E-state index < -0.39 is 0 Å². The van der Waals surface area contributed by atoms with Crippen LogP contribution in [-0.2, 0) is 0 Å². The molecule has 4 nitrogen and oxygen atoms in total. The van der Waals surface area contributed by atoms with Gasteiger partial charge in [0.1, 0.15) is 0 Å². The van der Waals surface area contributed by atoms with Gasteiger partial charge in [0.2, 0.25) is 5.95 Å². The number of hydrogen-bond donors (Lipinski definition) is 1. The third-order valence-electron chi connectivity index (χ3n) is 2.95. The van der Waals surface area contributed by atoms with Crippen molar-refractivity contribution in [3.05, 3.63) is 12.4 Å². The standard InChI is InChI=1S/C13H26N4/c1-5-6-8-14-13-15-9-11-17(13)12(2)7-10-16(3)4/h9,11-12H,5-8,10H2,1-4H3,(H,14,15). The number of unbranched alkanes of at least 4 members (excludes halogenated alkanes) is 1. The normalized spacial score (nSPS) is 13.0. The Kier molecular flexibility index (Phi) is 6.05. The van der Waals surface area contributed by atoms with Crippen LogP contribution in [0, 0.1) is 0 Å². The molecule has 1 aromatic heterocycles. The molecule has 4 heteroatoms. The molecule has 0 radical (unpaired) electrons. The molecule has 0 saturated heterocycles. The summed E-state index contributed by atoms with van der Waals surface area (Å²) in [4.78, 5) is 6.59. The van der Waals surface area contributed by atoms with Gasteiger partial charge in [-0.3, -0.25) is 0 Å². The van der Waals surface area contributed by atoms with Crippen molar-refractivity contribution in [2.24, 2.45) is 0 Å². The highest BCUT2D eigenvalue weighted by Gasteiger charge is 2.09. The summed E-state index contributed by atoms with van der Waals surface area (Å²) in [6.45, 7) is 6.56. The van der Waals surface area contributed by atoms with Gasteiger partial charge < -0.3 is 14.8 Å². The predicted octanol–water partition coefficient (Wildman–Crippen LogP) is 2.61. The van der Waals surface area contributed by atoms with Crippen molar-refractivity contribution in [3.63, 3.8) is 0 Å². The molecule has 1 atom stereocenters. The lowest BCUT2D eigenvalue weighted by atomic mass is 10.2. The molecule has 17 heavy (non-hydrogen) atoms. The van der Waals surface area contributed by atoms with Crippen LogP contribution in [0.4, 0.5) is 5.95 Å². The molecule has 0 saturated carbocycles. The van der Waals surface area contributed by atoms with E-state index in [0.29, 0.717) is 6.04 Å². The van der Waals surface area contributed by atoms with Crippen LogP contribution in [0.3, 0.4) is 0 Å². The van der Waals surface area contributed by atoms with Crippen LogP contribution in [0.5, 0.6) is 0 Å². The second kappa shape index (κ2) is 7.33. The lowest BCUT2D eigenvalue weighted by Crippen LogP contribution is -2.18. The summed E-state index contributed by atoms with van der Waals surface area (Å²) in [6.07, 6.45) is 7.49. The van der Waals surface area contributed by atoms with E-state index in [1.54, 1.807) is 0 Å². The van der Waals surface area contributed by atoms with Crippen LogP contribution < -0.4 is 5.32 Å². The number of anilines is 1. The summed E-state index contributed by atoms with van der Waals surface area (Å²) in [7, 11) is 4.22. The molecule has 0 bridgehead atoms. The fraction of sp³-hybridized carbons (Fsp3) is 0.769. The van der Waals surface area contributed by atoms with Gasteiger partial charge in [0, 0.05) is 25.0 Å². The lowest BCUT2D eigenvalue weighted by Gasteiger charge is -2.19. The third-order valence-corrected chi connectivity index (χ3v) is 2.95. The minimum Gasteiger partial charge on any atom is -0.356 e. The van der Waals surface area contributed by atoms with Crippen molar-refractivity contribution in [1.82, 2.24) is 14.5 Å². The highest BCUT2D eigenvalue weighted by molar-refractivity contribution is 5.26. The molecular formula is C13H26N4. The SMILES string of the molecule is CCCCNc1nccn1C(C)CCN(C)C. The quantitative estimate of drug-likeness (QED) is 0.707. The molecule has 0 spiro atoms. The summed E-state index contributed by atoms with van der Waals surface area (Å²) < 4.78 is 2.24. The van der Waals surface area contributed by atoms with E-state index in [9.17, 15) is 0 Å². The minimum atomic E-state index is 0.490. The number of rotatable bonds is 8. The van der Waals surface area contributed by atoms with Crippen molar-refractivity contribution in [3.8, 4) is 0 Å². The summed E-state index contributed by atoms with van der Waals surface area (Å²) in [5.41, 5.74) is 0. The lowest BCUT2D eigenvalue weighted by molar-refractivity contribution is 0.359. The largest absolute Gasteiger partial charge is 0.356 e. The zero-order valence-electron chi connectivity index (χ0n) is 11.6. The molecule has 0 aliphatic heterocycles. The van der Waals surface area contributed by atoms with Crippen molar-refractivity contribution in [1.29, 1.82) is 0 Å². The topological polar surface area (TPSA) is 33.1 Å². The van der Waals surface area contributed by atoms with Crippen LogP contribution >= 0.6 is 0 Å². The highest BCUT2D eigenvalue weighted by atomic mass is 15.2. The van der Waals surface area contributed by atoms with Crippen LogP contribution in [0.1, 0.15) is 39.2 Å². The smallest absolute Gasteiger partial charge is 0.203 e. The Labute approximate surface area is 105 Å². The molecule has 1 rings (SSSR count). The van der Waals surface area contributed by atoms with Gasteiger partial charge in [-0.1, -0.05) is 13.3 Å². The molecule has 0 aliphatic rings. The first-order chi connectivity index (χ1) is 8.15. The third kappa shape index (κ3) is 4.77. The van der Waals surface area contributed by atoms with E-state index in [-0.39, 0.29) is 0 Å². The van der Waals surface area contributed by atoms with Gasteiger partial charge in [0.25, 0.3) is 0 Å². The van der Waals surface area contributed by atoms with Gasteiger partial charge in [0.05, 0.1) is 0 Å². The molecule has 1 aromatic rings. The van der Waals surface area contributed by atoms with Crippen LogP contribution in [0.15, 0.2) is 12.4 Å². The molecule has 0 aromatic carbocycles. The van der Waals surface area contributed by atoms with Crippen LogP contribution in [0.2, 0.25) is 0 Å². The van der Waals surface area contributed by atoms with E-state index in [0.717, 1.165) is 25.5 Å². The Morgan fingerprint density at radius 3 is 2.88 bits per heavy atom. The Morgan fingerprint density at radius 1 is 1.47 bits per heavy atom. The second-order valence-electron chi connectivity index (χ2n) is 4.88. The summed E-state index contributed by atoms with van der Waals surface area (Å²) in [6, 6.07) is 0.490. The average Bonchev–Trinajstić information content (AvgIpc) is 2.74. The fourth-order valence-corrected chi connectivity index (χ4v) is 1.77. The number of imidazole rings is 1. The van der Waals surface area contributed by atoms with E-state index in [1.807, 2.05) is 6.20 Å². The molecule has 98 valence electrons. The van der Waals surface area contributed by atoms with E-state index >= 15 is 0 Å². The zero-order valence-corrected chi connectivity index (χ0v) is 11.6. The van der Waals surface area contributed by atoms with Gasteiger partial charge in [-0.2, -0.15) is 0 Å². The maximum absolute atomic E-state index is 4.37. The maximum atomic E-state index is 4.37. The van der Waals surface area contributed by atoms with Crippen molar-refractivity contribution >= 4 is 5.95 Å². The van der Waals surface area contributed by atoms with Gasteiger partial charge in [-0.15, -0.1) is 0 Å². The molecule has 0 aliphatic carbocycles. The summed E-state index contributed by atoms with van der Waals surface area (Å²) in [5, 5.41) is 3.40. The van der Waals surface area contributed by atoms with Crippen LogP contribution in [-0.4, -0.2) is 41.6 Å². The number of aromatic nitrogens is 2. The maximum Gasteiger partial charge on any atom is 0.203 e. The molecule has 0 amide bonds. The Morgan fingerprint density at radius 2 is 2.24 bits per heavy atom. The highest BCUT2D eigenvalue weighted by Crippen LogP contribution is 2.16. The predicted molar refractivity (Wildman–Crippen MR) is 73.5 cm³/mol. The van der Waals surface area contributed by atoms with Crippen molar-refractivity contribution < 1.29 is 0 Å². The number of hydrogen-bond acceptors (Lipinski definition) is 3. The fourth-order valence-electron chi connectivity index (χ4n) is 1.77. The molecular weight excluding hydrogens is 212 g/mol. The Hall–Kier alpha value is -1.03.